The van der Waals surface area contributed by atoms with Crippen LogP contribution in [-0.2, 0) is 4.79 Å². The highest BCUT2D eigenvalue weighted by Gasteiger charge is 2.32. The third-order valence-electron chi connectivity index (χ3n) is 7.10. The fourth-order valence-corrected chi connectivity index (χ4v) is 5.11. The van der Waals surface area contributed by atoms with Gasteiger partial charge in [-0.3, -0.25) is 9.36 Å². The number of benzene rings is 1. The molecule has 8 nitrogen and oxygen atoms in total. The van der Waals surface area contributed by atoms with Crippen molar-refractivity contribution in [2.75, 3.05) is 49.1 Å². The molecule has 5 rings (SSSR count). The second-order valence-corrected chi connectivity index (χ2v) is 9.48. The molecule has 178 valence electrons. The predicted molar refractivity (Wildman–Crippen MR) is 134 cm³/mol. The van der Waals surface area contributed by atoms with Crippen LogP contribution in [0.1, 0.15) is 29.8 Å². The van der Waals surface area contributed by atoms with Crippen molar-refractivity contribution >= 4 is 17.4 Å². The van der Waals surface area contributed by atoms with Gasteiger partial charge in [0, 0.05) is 57.3 Å². The number of hydrogen-bond donors (Lipinski definition) is 0. The monoisotopic (exact) mass is 459 g/mol. The molecule has 0 bridgehead atoms. The molecular formula is C26H33N7O. The maximum Gasteiger partial charge on any atom is 0.227 e. The molecule has 3 aromatic rings. The van der Waals surface area contributed by atoms with Gasteiger partial charge >= 0.3 is 0 Å². The van der Waals surface area contributed by atoms with Gasteiger partial charge in [0.2, 0.25) is 5.91 Å². The van der Waals surface area contributed by atoms with Crippen LogP contribution in [0.4, 0.5) is 11.5 Å². The van der Waals surface area contributed by atoms with E-state index in [0.717, 1.165) is 63.0 Å². The van der Waals surface area contributed by atoms with Gasteiger partial charge in [-0.05, 0) is 62.9 Å². The molecule has 1 amide bonds. The molecule has 0 N–H and O–H groups in total. The van der Waals surface area contributed by atoms with E-state index in [1.165, 1.54) is 16.8 Å². The summed E-state index contributed by atoms with van der Waals surface area (Å²) in [4.78, 5) is 24.3. The van der Waals surface area contributed by atoms with E-state index in [1.54, 1.807) is 6.20 Å². The lowest BCUT2D eigenvalue weighted by Gasteiger charge is -2.40. The number of aryl methyl sites for hydroxylation is 3. The van der Waals surface area contributed by atoms with E-state index in [-0.39, 0.29) is 11.8 Å². The minimum Gasteiger partial charge on any atom is -0.368 e. The fraction of sp³-hybridized carbons (Fsp3) is 0.462. The largest absolute Gasteiger partial charge is 0.368 e. The molecule has 2 saturated heterocycles. The second kappa shape index (κ2) is 9.44. The number of rotatable bonds is 4. The molecule has 0 aliphatic carbocycles. The van der Waals surface area contributed by atoms with E-state index in [2.05, 4.69) is 61.9 Å². The van der Waals surface area contributed by atoms with Gasteiger partial charge in [-0.2, -0.15) is 0 Å². The van der Waals surface area contributed by atoms with E-state index < -0.39 is 0 Å². The topological polar surface area (TPSA) is 70.4 Å². The summed E-state index contributed by atoms with van der Waals surface area (Å²) < 4.78 is 1.91. The third-order valence-corrected chi connectivity index (χ3v) is 7.10. The van der Waals surface area contributed by atoms with Crippen LogP contribution in [0, 0.1) is 26.7 Å². The lowest BCUT2D eigenvalue weighted by Crippen LogP contribution is -2.52. The van der Waals surface area contributed by atoms with Crippen molar-refractivity contribution in [3.8, 4) is 5.82 Å². The maximum absolute atomic E-state index is 13.4. The van der Waals surface area contributed by atoms with E-state index in [9.17, 15) is 4.79 Å². The number of imidazole rings is 1. The van der Waals surface area contributed by atoms with Gasteiger partial charge in [-0.1, -0.05) is 12.1 Å². The molecule has 4 heterocycles. The Morgan fingerprint density at radius 2 is 1.68 bits per heavy atom. The van der Waals surface area contributed by atoms with Gasteiger partial charge in [0.05, 0.1) is 5.92 Å². The summed E-state index contributed by atoms with van der Waals surface area (Å²) in [5.41, 5.74) is 3.87. The number of anilines is 2. The molecular weight excluding hydrogens is 426 g/mol. The Morgan fingerprint density at radius 3 is 2.38 bits per heavy atom. The zero-order valence-electron chi connectivity index (χ0n) is 20.3. The van der Waals surface area contributed by atoms with Crippen LogP contribution in [-0.4, -0.2) is 69.8 Å². The molecule has 0 spiro atoms. The molecule has 34 heavy (non-hydrogen) atoms. The van der Waals surface area contributed by atoms with Crippen molar-refractivity contribution in [2.45, 2.75) is 33.6 Å². The van der Waals surface area contributed by atoms with Gasteiger partial charge in [0.25, 0.3) is 0 Å². The molecule has 1 unspecified atom stereocenters. The number of piperazine rings is 1. The number of hydrogen-bond acceptors (Lipinski definition) is 6. The summed E-state index contributed by atoms with van der Waals surface area (Å²) in [5.74, 6) is 2.76. The highest BCUT2D eigenvalue weighted by Crippen LogP contribution is 2.26. The van der Waals surface area contributed by atoms with Crippen LogP contribution in [0.15, 0.2) is 42.7 Å². The minimum atomic E-state index is 0.0124. The number of aromatic nitrogens is 4. The lowest BCUT2D eigenvalue weighted by molar-refractivity contribution is -0.136. The molecule has 0 radical (unpaired) electrons. The van der Waals surface area contributed by atoms with Crippen molar-refractivity contribution in [3.63, 3.8) is 0 Å². The number of carbonyl (C=O) groups is 1. The molecule has 2 aliphatic heterocycles. The molecule has 2 fully saturated rings. The quantitative estimate of drug-likeness (QED) is 0.597. The van der Waals surface area contributed by atoms with Gasteiger partial charge in [0.1, 0.15) is 5.82 Å². The molecule has 2 aromatic heterocycles. The molecule has 2 aliphatic rings. The fourth-order valence-electron chi connectivity index (χ4n) is 5.11. The standard InChI is InChI=1S/C26H33N7O/c1-19-6-7-20(2)23(17-19)30-13-15-31(16-14-30)26(34)22-5-4-11-32(18-22)24-8-9-25(29-28-24)33-12-10-27-21(33)3/h6-10,12,17,22H,4-5,11,13-16,18H2,1-3H3. The first-order chi connectivity index (χ1) is 16.5. The van der Waals surface area contributed by atoms with Crippen LogP contribution in [0.5, 0.6) is 0 Å². The number of amides is 1. The first kappa shape index (κ1) is 22.4. The minimum absolute atomic E-state index is 0.0124. The summed E-state index contributed by atoms with van der Waals surface area (Å²) in [5, 5.41) is 8.86. The molecule has 0 saturated carbocycles. The van der Waals surface area contributed by atoms with Crippen LogP contribution in [0.25, 0.3) is 5.82 Å². The molecule has 8 heteroatoms. The van der Waals surface area contributed by atoms with Crippen molar-refractivity contribution in [3.05, 3.63) is 59.7 Å². The smallest absolute Gasteiger partial charge is 0.227 e. The highest BCUT2D eigenvalue weighted by atomic mass is 16.2. The van der Waals surface area contributed by atoms with E-state index in [1.807, 2.05) is 29.8 Å². The van der Waals surface area contributed by atoms with E-state index in [4.69, 9.17) is 0 Å². The summed E-state index contributed by atoms with van der Waals surface area (Å²) >= 11 is 0. The van der Waals surface area contributed by atoms with Crippen molar-refractivity contribution in [1.29, 1.82) is 0 Å². The lowest BCUT2D eigenvalue weighted by atomic mass is 9.96. The Hall–Kier alpha value is -3.42. The van der Waals surface area contributed by atoms with Crippen LogP contribution < -0.4 is 9.80 Å². The van der Waals surface area contributed by atoms with Crippen LogP contribution >= 0.6 is 0 Å². The Bertz CT molecular complexity index is 1150. The Morgan fingerprint density at radius 1 is 0.912 bits per heavy atom. The van der Waals surface area contributed by atoms with Crippen LogP contribution in [0.3, 0.4) is 0 Å². The Balaban J connectivity index is 1.20. The van der Waals surface area contributed by atoms with Crippen molar-refractivity contribution in [2.24, 2.45) is 5.92 Å². The number of carbonyl (C=O) groups excluding carboxylic acids is 1. The predicted octanol–water partition coefficient (Wildman–Crippen LogP) is 3.15. The van der Waals surface area contributed by atoms with Gasteiger partial charge in [-0.25, -0.2) is 4.98 Å². The molecule has 1 atom stereocenters. The first-order valence-corrected chi connectivity index (χ1v) is 12.2. The zero-order chi connectivity index (χ0) is 23.7. The zero-order valence-corrected chi connectivity index (χ0v) is 20.3. The van der Waals surface area contributed by atoms with E-state index >= 15 is 0 Å². The average Bonchev–Trinajstić information content (AvgIpc) is 3.31. The first-order valence-electron chi connectivity index (χ1n) is 12.2. The SMILES string of the molecule is Cc1ccc(C)c(N2CCN(C(=O)C3CCCN(c4ccc(-n5ccnc5C)nn4)C3)CC2)c1. The van der Waals surface area contributed by atoms with Crippen LogP contribution in [0.2, 0.25) is 0 Å². The van der Waals surface area contributed by atoms with Crippen molar-refractivity contribution < 1.29 is 4.79 Å². The van der Waals surface area contributed by atoms with Gasteiger partial charge in [0.15, 0.2) is 11.6 Å². The third kappa shape index (κ3) is 4.49. The molecule has 1 aromatic carbocycles. The van der Waals surface area contributed by atoms with Gasteiger partial charge < -0.3 is 14.7 Å². The summed E-state index contributed by atoms with van der Waals surface area (Å²) in [6, 6.07) is 10.6. The number of nitrogens with zero attached hydrogens (tertiary/aromatic N) is 7. The van der Waals surface area contributed by atoms with E-state index in [0.29, 0.717) is 6.54 Å². The summed E-state index contributed by atoms with van der Waals surface area (Å²) in [6.07, 6.45) is 5.57. The second-order valence-electron chi connectivity index (χ2n) is 9.48. The number of piperidine rings is 1. The average molecular weight is 460 g/mol. The Labute approximate surface area is 201 Å². The highest BCUT2D eigenvalue weighted by molar-refractivity contribution is 5.80. The van der Waals surface area contributed by atoms with Gasteiger partial charge in [-0.15, -0.1) is 10.2 Å². The summed E-state index contributed by atoms with van der Waals surface area (Å²) in [6.45, 7) is 11.2. The van der Waals surface area contributed by atoms with Crippen molar-refractivity contribution in [1.82, 2.24) is 24.6 Å². The normalized spacial score (nSPS) is 18.9. The Kier molecular flexibility index (Phi) is 6.22. The maximum atomic E-state index is 13.4. The summed E-state index contributed by atoms with van der Waals surface area (Å²) in [7, 11) is 0.